The van der Waals surface area contributed by atoms with Crippen LogP contribution in [0.4, 0.5) is 0 Å². The van der Waals surface area contributed by atoms with Gasteiger partial charge in [-0.3, -0.25) is 4.99 Å². The smallest absolute Gasteiger partial charge is 0.119 e. The van der Waals surface area contributed by atoms with Gasteiger partial charge < -0.3 is 4.74 Å². The van der Waals surface area contributed by atoms with Gasteiger partial charge in [0, 0.05) is 6.21 Å². The zero-order valence-corrected chi connectivity index (χ0v) is 8.45. The molecule has 0 amide bonds. The van der Waals surface area contributed by atoms with E-state index < -0.39 is 0 Å². The second-order valence-corrected chi connectivity index (χ2v) is 2.67. The van der Waals surface area contributed by atoms with Gasteiger partial charge in [-0.15, -0.1) is 5.92 Å². The first-order valence-electron chi connectivity index (χ1n) is 4.40. The summed E-state index contributed by atoms with van der Waals surface area (Å²) in [6, 6.07) is 7.75. The molecule has 2 nitrogen and oxygen atoms in total. The second-order valence-electron chi connectivity index (χ2n) is 2.67. The van der Waals surface area contributed by atoms with Crippen LogP contribution >= 0.6 is 0 Å². The first-order valence-corrected chi connectivity index (χ1v) is 4.40. The highest BCUT2D eigenvalue weighted by Gasteiger charge is 1.90. The molecule has 0 fully saturated rings. The molecule has 0 heterocycles. The minimum absolute atomic E-state index is 0.549. The molecule has 1 aromatic rings. The molecule has 0 N–H and O–H groups in total. The van der Waals surface area contributed by atoms with Crippen LogP contribution < -0.4 is 4.74 Å². The van der Waals surface area contributed by atoms with Gasteiger partial charge in [-0.05, 0) is 24.6 Å². The third-order valence-corrected chi connectivity index (χ3v) is 1.68. The van der Waals surface area contributed by atoms with E-state index in [0.717, 1.165) is 11.3 Å². The largest absolute Gasteiger partial charge is 0.497 e. The average Bonchev–Trinajstić information content (AvgIpc) is 2.25. The Hall–Kier alpha value is -1.75. The normalized spacial score (nSPS) is 9.57. The summed E-state index contributed by atoms with van der Waals surface area (Å²) in [6.45, 7) is 2.36. The summed E-state index contributed by atoms with van der Waals surface area (Å²) < 4.78 is 5.09. The molecule has 14 heavy (non-hydrogen) atoms. The Balaban J connectivity index is 2.65. The van der Waals surface area contributed by atoms with Gasteiger partial charge in [-0.2, -0.15) is 0 Å². The highest BCUT2D eigenvalue weighted by atomic mass is 16.5. The molecular weight excluding hydrogens is 174 g/mol. The topological polar surface area (TPSA) is 21.6 Å². The highest BCUT2D eigenvalue weighted by Crippen LogP contribution is 2.10. The Morgan fingerprint density at radius 1 is 1.50 bits per heavy atom. The number of hydrogen-bond acceptors (Lipinski definition) is 2. The molecule has 1 aromatic carbocycles. The lowest BCUT2D eigenvalue weighted by Gasteiger charge is -1.98. The van der Waals surface area contributed by atoms with E-state index >= 15 is 0 Å². The minimum atomic E-state index is 0.549. The molecule has 0 radical (unpaired) electrons. The van der Waals surface area contributed by atoms with Crippen molar-refractivity contribution >= 4 is 6.21 Å². The van der Waals surface area contributed by atoms with Crippen molar-refractivity contribution in [2.45, 2.75) is 6.92 Å². The summed E-state index contributed by atoms with van der Waals surface area (Å²) in [5.41, 5.74) is 1.03. The van der Waals surface area contributed by atoms with Crippen LogP contribution in [-0.4, -0.2) is 19.9 Å². The van der Waals surface area contributed by atoms with E-state index in [1.54, 1.807) is 20.2 Å². The molecule has 0 aliphatic rings. The fraction of sp³-hybridized carbons (Fsp3) is 0.250. The zero-order valence-electron chi connectivity index (χ0n) is 8.45. The lowest BCUT2D eigenvalue weighted by molar-refractivity contribution is 0.415. The summed E-state index contributed by atoms with van der Waals surface area (Å²) in [7, 11) is 1.65. The van der Waals surface area contributed by atoms with Gasteiger partial charge in [0.25, 0.3) is 0 Å². The molecule has 72 valence electrons. The molecule has 0 aliphatic heterocycles. The molecule has 0 bridgehead atoms. The number of ether oxygens (including phenoxy) is 1. The maximum absolute atomic E-state index is 5.09. The van der Waals surface area contributed by atoms with Gasteiger partial charge in [0.2, 0.25) is 0 Å². The molecule has 0 aliphatic carbocycles. The van der Waals surface area contributed by atoms with E-state index in [1.807, 2.05) is 24.3 Å². The first-order chi connectivity index (χ1) is 6.86. The van der Waals surface area contributed by atoms with E-state index in [0.29, 0.717) is 6.54 Å². The number of benzene rings is 1. The van der Waals surface area contributed by atoms with Crippen molar-refractivity contribution in [1.29, 1.82) is 0 Å². The van der Waals surface area contributed by atoms with Crippen molar-refractivity contribution in [2.24, 2.45) is 4.99 Å². The summed E-state index contributed by atoms with van der Waals surface area (Å²) >= 11 is 0. The van der Waals surface area contributed by atoms with Crippen molar-refractivity contribution < 1.29 is 4.74 Å². The molecule has 0 saturated carbocycles. The Kier molecular flexibility index (Phi) is 4.30. The van der Waals surface area contributed by atoms with Crippen molar-refractivity contribution in [2.75, 3.05) is 13.7 Å². The van der Waals surface area contributed by atoms with E-state index in [9.17, 15) is 0 Å². The number of hydrogen-bond donors (Lipinski definition) is 0. The molecule has 0 saturated heterocycles. The van der Waals surface area contributed by atoms with Crippen LogP contribution in [0.5, 0.6) is 5.75 Å². The van der Waals surface area contributed by atoms with Gasteiger partial charge in [-0.1, -0.05) is 18.1 Å². The van der Waals surface area contributed by atoms with Crippen LogP contribution in [0.1, 0.15) is 12.5 Å². The lowest BCUT2D eigenvalue weighted by Crippen LogP contribution is -1.86. The predicted octanol–water partition coefficient (Wildman–Crippen LogP) is 2.14. The Bertz CT molecular complexity index is 371. The molecule has 0 atom stereocenters. The van der Waals surface area contributed by atoms with Crippen LogP contribution in [0.3, 0.4) is 0 Å². The molecule has 0 unspecified atom stereocenters. The zero-order chi connectivity index (χ0) is 10.2. The summed E-state index contributed by atoms with van der Waals surface area (Å²) in [4.78, 5) is 4.15. The van der Waals surface area contributed by atoms with E-state index in [2.05, 4.69) is 16.8 Å². The Morgan fingerprint density at radius 3 is 3.07 bits per heavy atom. The minimum Gasteiger partial charge on any atom is -0.497 e. The van der Waals surface area contributed by atoms with Gasteiger partial charge in [0.15, 0.2) is 0 Å². The van der Waals surface area contributed by atoms with E-state index in [4.69, 9.17) is 4.74 Å². The molecule has 0 aromatic heterocycles. The fourth-order valence-corrected chi connectivity index (χ4v) is 0.998. The van der Waals surface area contributed by atoms with Crippen molar-refractivity contribution in [3.05, 3.63) is 29.8 Å². The second kappa shape index (κ2) is 5.82. The highest BCUT2D eigenvalue weighted by molar-refractivity contribution is 5.80. The monoisotopic (exact) mass is 187 g/mol. The van der Waals surface area contributed by atoms with Crippen LogP contribution in [0.25, 0.3) is 0 Å². The quantitative estimate of drug-likeness (QED) is 0.524. The number of rotatable bonds is 3. The predicted molar refractivity (Wildman–Crippen MR) is 58.9 cm³/mol. The Morgan fingerprint density at radius 2 is 2.36 bits per heavy atom. The van der Waals surface area contributed by atoms with Crippen molar-refractivity contribution in [3.63, 3.8) is 0 Å². The first kappa shape index (κ1) is 10.3. The van der Waals surface area contributed by atoms with Crippen LogP contribution in [0.15, 0.2) is 29.3 Å². The molecule has 2 heteroatoms. The number of nitrogens with zero attached hydrogens (tertiary/aromatic N) is 1. The van der Waals surface area contributed by atoms with Crippen molar-refractivity contribution in [1.82, 2.24) is 0 Å². The van der Waals surface area contributed by atoms with Gasteiger partial charge in [0.05, 0.1) is 13.7 Å². The standard InChI is InChI=1S/C12H13NO/c1-3-4-8-13-10-11-6-5-7-12(9-11)14-2/h5-7,9-10H,8H2,1-2H3. The van der Waals surface area contributed by atoms with Crippen LogP contribution in [0, 0.1) is 11.8 Å². The fourth-order valence-electron chi connectivity index (χ4n) is 0.998. The van der Waals surface area contributed by atoms with Gasteiger partial charge in [-0.25, -0.2) is 0 Å². The SMILES string of the molecule is CC#CCN=Cc1cccc(OC)c1. The average molecular weight is 187 g/mol. The van der Waals surface area contributed by atoms with Crippen molar-refractivity contribution in [3.8, 4) is 17.6 Å². The maximum atomic E-state index is 5.09. The lowest BCUT2D eigenvalue weighted by atomic mass is 10.2. The number of methoxy groups -OCH3 is 1. The summed E-state index contributed by atoms with van der Waals surface area (Å²) in [6.07, 6.45) is 1.80. The van der Waals surface area contributed by atoms with E-state index in [1.165, 1.54) is 0 Å². The number of aliphatic imine (C=N–C) groups is 1. The van der Waals surface area contributed by atoms with Gasteiger partial charge >= 0.3 is 0 Å². The molecule has 1 rings (SSSR count). The third kappa shape index (κ3) is 3.32. The van der Waals surface area contributed by atoms with Crippen LogP contribution in [0.2, 0.25) is 0 Å². The molecular formula is C12H13NO. The summed E-state index contributed by atoms with van der Waals surface area (Å²) in [5.74, 6) is 6.50. The summed E-state index contributed by atoms with van der Waals surface area (Å²) in [5, 5.41) is 0. The van der Waals surface area contributed by atoms with Crippen LogP contribution in [-0.2, 0) is 0 Å². The van der Waals surface area contributed by atoms with E-state index in [-0.39, 0.29) is 0 Å². The third-order valence-electron chi connectivity index (χ3n) is 1.68. The Labute approximate surface area is 84.6 Å². The molecule has 0 spiro atoms. The van der Waals surface area contributed by atoms with Gasteiger partial charge in [0.1, 0.15) is 5.75 Å². The maximum Gasteiger partial charge on any atom is 0.119 e.